The highest BCUT2D eigenvalue weighted by Gasteiger charge is 2.38. The second-order valence-corrected chi connectivity index (χ2v) is 3.89. The van der Waals surface area contributed by atoms with E-state index >= 15 is 0 Å². The van der Waals surface area contributed by atoms with Gasteiger partial charge in [0, 0.05) is 0 Å². The Morgan fingerprint density at radius 3 is 2.16 bits per heavy atom. The van der Waals surface area contributed by atoms with E-state index in [2.05, 4.69) is 0 Å². The average Bonchev–Trinajstić information content (AvgIpc) is 2.36. The minimum absolute atomic E-state index is 0.675. The molecule has 1 aromatic rings. The molecule has 1 saturated heterocycles. The SMILES string of the molecule is O=C1NC(=O)C(C(=O)/C=C/c2ccccc2)C(=O)N1. The molecule has 0 radical (unpaired) electrons. The van der Waals surface area contributed by atoms with Crippen molar-refractivity contribution in [3.8, 4) is 0 Å². The second kappa shape index (κ2) is 5.26. The van der Waals surface area contributed by atoms with Crippen molar-refractivity contribution in [2.75, 3.05) is 0 Å². The summed E-state index contributed by atoms with van der Waals surface area (Å²) in [5.74, 6) is -4.00. The Morgan fingerprint density at radius 1 is 1.00 bits per heavy atom. The average molecular weight is 258 g/mol. The van der Waals surface area contributed by atoms with Crippen LogP contribution in [-0.2, 0) is 14.4 Å². The third kappa shape index (κ3) is 2.92. The lowest BCUT2D eigenvalue weighted by atomic mass is 9.99. The molecule has 1 aromatic carbocycles. The van der Waals surface area contributed by atoms with E-state index in [0.29, 0.717) is 0 Å². The lowest BCUT2D eigenvalue weighted by Gasteiger charge is -2.18. The minimum atomic E-state index is -1.52. The third-order valence-corrected chi connectivity index (χ3v) is 2.52. The molecule has 4 amide bonds. The van der Waals surface area contributed by atoms with Crippen molar-refractivity contribution in [3.63, 3.8) is 0 Å². The monoisotopic (exact) mass is 258 g/mol. The number of hydrogen-bond donors (Lipinski definition) is 2. The number of carbonyl (C=O) groups excluding carboxylic acids is 4. The van der Waals surface area contributed by atoms with E-state index in [1.807, 2.05) is 16.7 Å². The van der Waals surface area contributed by atoms with Gasteiger partial charge in [0.15, 0.2) is 11.7 Å². The molecular weight excluding hydrogens is 248 g/mol. The van der Waals surface area contributed by atoms with Crippen LogP contribution in [0.3, 0.4) is 0 Å². The fourth-order valence-electron chi connectivity index (χ4n) is 1.62. The molecule has 0 bridgehead atoms. The van der Waals surface area contributed by atoms with Gasteiger partial charge in [-0.15, -0.1) is 0 Å². The van der Waals surface area contributed by atoms with Crippen molar-refractivity contribution in [1.82, 2.24) is 10.6 Å². The summed E-state index contributed by atoms with van der Waals surface area (Å²) in [6.45, 7) is 0. The molecule has 2 rings (SSSR count). The van der Waals surface area contributed by atoms with E-state index in [1.54, 1.807) is 24.3 Å². The lowest BCUT2D eigenvalue weighted by Crippen LogP contribution is -2.57. The van der Waals surface area contributed by atoms with Crippen LogP contribution in [-0.4, -0.2) is 23.6 Å². The Balaban J connectivity index is 2.12. The number of amides is 4. The summed E-state index contributed by atoms with van der Waals surface area (Å²) in [5, 5.41) is 3.75. The van der Waals surface area contributed by atoms with Crippen LogP contribution in [0.4, 0.5) is 4.79 Å². The maximum absolute atomic E-state index is 11.8. The number of nitrogens with one attached hydrogen (secondary N) is 2. The van der Waals surface area contributed by atoms with Crippen molar-refractivity contribution >= 4 is 29.7 Å². The zero-order chi connectivity index (χ0) is 13.8. The van der Waals surface area contributed by atoms with Gasteiger partial charge in [-0.25, -0.2) is 4.79 Å². The van der Waals surface area contributed by atoms with Crippen LogP contribution in [0.1, 0.15) is 5.56 Å². The van der Waals surface area contributed by atoms with Gasteiger partial charge in [-0.1, -0.05) is 36.4 Å². The van der Waals surface area contributed by atoms with Gasteiger partial charge in [0.25, 0.3) is 0 Å². The number of imide groups is 2. The highest BCUT2D eigenvalue weighted by Crippen LogP contribution is 2.07. The zero-order valence-electron chi connectivity index (χ0n) is 9.75. The van der Waals surface area contributed by atoms with Gasteiger partial charge < -0.3 is 0 Å². The molecule has 0 atom stereocenters. The minimum Gasteiger partial charge on any atom is -0.293 e. The van der Waals surface area contributed by atoms with Gasteiger partial charge in [0.2, 0.25) is 11.8 Å². The second-order valence-electron chi connectivity index (χ2n) is 3.89. The molecule has 96 valence electrons. The molecule has 1 aliphatic rings. The Labute approximate surface area is 108 Å². The van der Waals surface area contributed by atoms with Crippen LogP contribution < -0.4 is 10.6 Å². The fourth-order valence-corrected chi connectivity index (χ4v) is 1.62. The van der Waals surface area contributed by atoms with Crippen LogP contribution in [0.25, 0.3) is 6.08 Å². The Bertz CT molecular complexity index is 558. The normalized spacial score (nSPS) is 16.3. The van der Waals surface area contributed by atoms with Gasteiger partial charge in [-0.05, 0) is 11.6 Å². The predicted octanol–water partition coefficient (Wildman–Crippen LogP) is 0.251. The number of carbonyl (C=O) groups is 4. The summed E-state index contributed by atoms with van der Waals surface area (Å²) in [6, 6.07) is 8.05. The van der Waals surface area contributed by atoms with Crippen molar-refractivity contribution in [2.24, 2.45) is 5.92 Å². The number of benzene rings is 1. The predicted molar refractivity (Wildman–Crippen MR) is 65.7 cm³/mol. The largest absolute Gasteiger partial charge is 0.328 e. The lowest BCUT2D eigenvalue weighted by molar-refractivity contribution is -0.140. The summed E-state index contributed by atoms with van der Waals surface area (Å²) in [7, 11) is 0. The van der Waals surface area contributed by atoms with Gasteiger partial charge >= 0.3 is 6.03 Å². The summed E-state index contributed by atoms with van der Waals surface area (Å²) in [6.07, 6.45) is 2.65. The highest BCUT2D eigenvalue weighted by atomic mass is 16.2. The topological polar surface area (TPSA) is 92.3 Å². The molecule has 1 fully saturated rings. The van der Waals surface area contributed by atoms with Crippen LogP contribution in [0.2, 0.25) is 0 Å². The molecule has 1 aliphatic heterocycles. The molecule has 0 unspecified atom stereocenters. The molecular formula is C13H10N2O4. The summed E-state index contributed by atoms with van der Waals surface area (Å²) in [5.41, 5.74) is 0.767. The summed E-state index contributed by atoms with van der Waals surface area (Å²) in [4.78, 5) is 45.5. The Hall–Kier alpha value is -2.76. The number of urea groups is 1. The maximum Gasteiger partial charge on any atom is 0.328 e. The first-order valence-electron chi connectivity index (χ1n) is 5.50. The fraction of sp³-hybridized carbons (Fsp3) is 0.0769. The first kappa shape index (κ1) is 12.7. The van der Waals surface area contributed by atoms with Crippen molar-refractivity contribution in [1.29, 1.82) is 0 Å². The van der Waals surface area contributed by atoms with Crippen molar-refractivity contribution in [3.05, 3.63) is 42.0 Å². The standard InChI is InChI=1S/C13H10N2O4/c16-9(7-6-8-4-2-1-3-5-8)10-11(17)14-13(19)15-12(10)18/h1-7,10H,(H2,14,15,17,18,19)/b7-6+. The number of ketones is 1. The van der Waals surface area contributed by atoms with Gasteiger partial charge in [-0.2, -0.15) is 0 Å². The zero-order valence-corrected chi connectivity index (χ0v) is 9.75. The Kier molecular flexibility index (Phi) is 3.51. The molecule has 6 heteroatoms. The molecule has 0 aromatic heterocycles. The van der Waals surface area contributed by atoms with E-state index < -0.39 is 29.5 Å². The van der Waals surface area contributed by atoms with Crippen LogP contribution in [0, 0.1) is 5.92 Å². The smallest absolute Gasteiger partial charge is 0.293 e. The molecule has 19 heavy (non-hydrogen) atoms. The van der Waals surface area contributed by atoms with Crippen LogP contribution in [0.15, 0.2) is 36.4 Å². The van der Waals surface area contributed by atoms with Crippen molar-refractivity contribution < 1.29 is 19.2 Å². The molecule has 6 nitrogen and oxygen atoms in total. The summed E-state index contributed by atoms with van der Waals surface area (Å²) >= 11 is 0. The molecule has 1 heterocycles. The van der Waals surface area contributed by atoms with E-state index in [-0.39, 0.29) is 0 Å². The molecule has 0 saturated carbocycles. The maximum atomic E-state index is 11.8. The highest BCUT2D eigenvalue weighted by molar-refractivity contribution is 6.28. The number of hydrogen-bond acceptors (Lipinski definition) is 4. The van der Waals surface area contributed by atoms with Gasteiger partial charge in [0.05, 0.1) is 0 Å². The summed E-state index contributed by atoms with van der Waals surface area (Å²) < 4.78 is 0. The van der Waals surface area contributed by atoms with Gasteiger partial charge in [0.1, 0.15) is 0 Å². The number of rotatable bonds is 3. The van der Waals surface area contributed by atoms with Gasteiger partial charge in [-0.3, -0.25) is 25.0 Å². The van der Waals surface area contributed by atoms with Crippen LogP contribution in [0.5, 0.6) is 0 Å². The quantitative estimate of drug-likeness (QED) is 0.600. The third-order valence-electron chi connectivity index (χ3n) is 2.52. The molecule has 2 N–H and O–H groups in total. The van der Waals surface area contributed by atoms with E-state index in [4.69, 9.17) is 0 Å². The van der Waals surface area contributed by atoms with E-state index in [0.717, 1.165) is 11.6 Å². The first-order valence-corrected chi connectivity index (χ1v) is 5.50. The van der Waals surface area contributed by atoms with E-state index in [1.165, 1.54) is 6.08 Å². The number of barbiturate groups is 1. The van der Waals surface area contributed by atoms with Crippen LogP contribution >= 0.6 is 0 Å². The van der Waals surface area contributed by atoms with E-state index in [9.17, 15) is 19.2 Å². The first-order chi connectivity index (χ1) is 9.08. The Morgan fingerprint density at radius 2 is 1.58 bits per heavy atom. The molecule has 0 aliphatic carbocycles. The number of allylic oxidation sites excluding steroid dienone is 1. The molecule has 0 spiro atoms. The van der Waals surface area contributed by atoms with Crippen molar-refractivity contribution in [2.45, 2.75) is 0 Å².